The molecular formula is C23H27N3O3. The number of carbonyl (C=O) groups excluding carboxylic acids is 1. The molecule has 0 fully saturated rings. The largest absolute Gasteiger partial charge is 0.481 e. The highest BCUT2D eigenvalue weighted by Crippen LogP contribution is 2.30. The van der Waals surface area contributed by atoms with Crippen molar-refractivity contribution in [3.05, 3.63) is 71.9 Å². The molecule has 0 saturated heterocycles. The van der Waals surface area contributed by atoms with Gasteiger partial charge in [-0.15, -0.1) is 0 Å². The highest BCUT2D eigenvalue weighted by molar-refractivity contribution is 5.84. The SMILES string of the molecule is CC(CN(C)CC(=O)NCC(c1ccccc1)c1c[nH]c2ccccc12)C(=O)O. The van der Waals surface area contributed by atoms with E-state index in [1.165, 1.54) is 0 Å². The Morgan fingerprint density at radius 2 is 1.79 bits per heavy atom. The first-order valence-electron chi connectivity index (χ1n) is 9.74. The Bertz CT molecular complexity index is 968. The van der Waals surface area contributed by atoms with Crippen molar-refractivity contribution in [1.29, 1.82) is 0 Å². The van der Waals surface area contributed by atoms with Crippen LogP contribution in [0.1, 0.15) is 24.0 Å². The number of likely N-dealkylation sites (N-methyl/N-ethyl adjacent to an activating group) is 1. The topological polar surface area (TPSA) is 85.4 Å². The van der Waals surface area contributed by atoms with E-state index in [1.807, 2.05) is 42.6 Å². The summed E-state index contributed by atoms with van der Waals surface area (Å²) in [4.78, 5) is 28.5. The minimum atomic E-state index is -0.860. The van der Waals surface area contributed by atoms with Gasteiger partial charge >= 0.3 is 5.97 Å². The molecule has 0 spiro atoms. The maximum atomic E-state index is 12.5. The summed E-state index contributed by atoms with van der Waals surface area (Å²) < 4.78 is 0. The Morgan fingerprint density at radius 3 is 2.52 bits per heavy atom. The Labute approximate surface area is 170 Å². The standard InChI is InChI=1S/C23H27N3O3/c1-16(23(28)29)14-26(2)15-22(27)25-12-19(17-8-4-3-5-9-17)20-13-24-21-11-7-6-10-18(20)21/h3-11,13,16,19,24H,12,14-15H2,1-2H3,(H,25,27)(H,28,29). The van der Waals surface area contributed by atoms with E-state index in [2.05, 4.69) is 28.5 Å². The number of aliphatic carboxylic acids is 1. The molecule has 0 aliphatic carbocycles. The van der Waals surface area contributed by atoms with Crippen LogP contribution in [0.3, 0.4) is 0 Å². The van der Waals surface area contributed by atoms with Crippen molar-refractivity contribution < 1.29 is 14.7 Å². The number of hydrogen-bond donors (Lipinski definition) is 3. The Morgan fingerprint density at radius 1 is 1.10 bits per heavy atom. The number of nitrogens with one attached hydrogen (secondary N) is 2. The number of fused-ring (bicyclic) bond motifs is 1. The van der Waals surface area contributed by atoms with Gasteiger partial charge in [0.2, 0.25) is 5.91 Å². The van der Waals surface area contributed by atoms with Crippen LogP contribution in [0, 0.1) is 5.92 Å². The van der Waals surface area contributed by atoms with Crippen LogP contribution in [0.5, 0.6) is 0 Å². The van der Waals surface area contributed by atoms with Crippen molar-refractivity contribution >= 4 is 22.8 Å². The minimum absolute atomic E-state index is 0.0135. The smallest absolute Gasteiger partial charge is 0.307 e. The van der Waals surface area contributed by atoms with Crippen molar-refractivity contribution in [1.82, 2.24) is 15.2 Å². The molecule has 1 amide bonds. The van der Waals surface area contributed by atoms with E-state index in [4.69, 9.17) is 5.11 Å². The van der Waals surface area contributed by atoms with Gasteiger partial charge in [-0.05, 0) is 24.2 Å². The van der Waals surface area contributed by atoms with E-state index >= 15 is 0 Å². The van der Waals surface area contributed by atoms with Crippen molar-refractivity contribution in [3.63, 3.8) is 0 Å². The van der Waals surface area contributed by atoms with Crippen LogP contribution in [0.4, 0.5) is 0 Å². The van der Waals surface area contributed by atoms with Gasteiger partial charge in [-0.3, -0.25) is 14.5 Å². The highest BCUT2D eigenvalue weighted by Gasteiger charge is 2.20. The van der Waals surface area contributed by atoms with Gasteiger partial charge in [0.15, 0.2) is 0 Å². The van der Waals surface area contributed by atoms with Crippen molar-refractivity contribution in [3.8, 4) is 0 Å². The number of carboxylic acid groups (broad SMARTS) is 1. The van der Waals surface area contributed by atoms with Gasteiger partial charge in [0.25, 0.3) is 0 Å². The molecule has 2 aromatic carbocycles. The first-order chi connectivity index (χ1) is 14.0. The number of hydrogen-bond acceptors (Lipinski definition) is 3. The molecule has 0 aliphatic rings. The molecule has 2 atom stereocenters. The van der Waals surface area contributed by atoms with Gasteiger partial charge in [0.05, 0.1) is 12.5 Å². The number of amides is 1. The fourth-order valence-electron chi connectivity index (χ4n) is 3.60. The second-order valence-electron chi connectivity index (χ2n) is 7.49. The summed E-state index contributed by atoms with van der Waals surface area (Å²) >= 11 is 0. The number of aromatic amines is 1. The Hall–Kier alpha value is -3.12. The number of nitrogens with zero attached hydrogens (tertiary/aromatic N) is 1. The summed E-state index contributed by atoms with van der Waals surface area (Å²) in [5.41, 5.74) is 3.34. The Kier molecular flexibility index (Phi) is 6.67. The van der Waals surface area contributed by atoms with E-state index in [0.717, 1.165) is 22.0 Å². The molecule has 3 aromatic rings. The predicted molar refractivity (Wildman–Crippen MR) is 114 cm³/mol. The van der Waals surface area contributed by atoms with Gasteiger partial charge in [-0.2, -0.15) is 0 Å². The van der Waals surface area contributed by atoms with E-state index in [0.29, 0.717) is 13.1 Å². The number of rotatable bonds is 9. The number of H-pyrrole nitrogens is 1. The molecule has 0 radical (unpaired) electrons. The van der Waals surface area contributed by atoms with Crippen LogP contribution < -0.4 is 5.32 Å². The van der Waals surface area contributed by atoms with Gasteiger partial charge in [-0.1, -0.05) is 55.5 Å². The molecule has 1 heterocycles. The zero-order valence-electron chi connectivity index (χ0n) is 16.8. The average molecular weight is 393 g/mol. The summed E-state index contributed by atoms with van der Waals surface area (Å²) in [6.07, 6.45) is 2.01. The number of aromatic nitrogens is 1. The van der Waals surface area contributed by atoms with Gasteiger partial charge < -0.3 is 15.4 Å². The zero-order chi connectivity index (χ0) is 20.8. The molecule has 3 rings (SSSR count). The first kappa shape index (κ1) is 20.6. The fraction of sp³-hybridized carbons (Fsp3) is 0.304. The molecular weight excluding hydrogens is 366 g/mol. The maximum Gasteiger partial charge on any atom is 0.307 e. The van der Waals surface area contributed by atoms with Gasteiger partial charge in [0.1, 0.15) is 0 Å². The normalized spacial score (nSPS) is 13.3. The molecule has 2 unspecified atom stereocenters. The fourth-order valence-corrected chi connectivity index (χ4v) is 3.60. The third-order valence-corrected chi connectivity index (χ3v) is 5.12. The quantitative estimate of drug-likeness (QED) is 0.522. The summed E-state index contributed by atoms with van der Waals surface area (Å²) in [5, 5.41) is 13.2. The van der Waals surface area contributed by atoms with Crippen LogP contribution in [-0.2, 0) is 9.59 Å². The van der Waals surface area contributed by atoms with Crippen LogP contribution in [0.15, 0.2) is 60.8 Å². The number of carboxylic acids is 1. The molecule has 0 saturated carbocycles. The molecule has 29 heavy (non-hydrogen) atoms. The lowest BCUT2D eigenvalue weighted by atomic mass is 9.91. The molecule has 0 bridgehead atoms. The molecule has 0 aliphatic heterocycles. The monoisotopic (exact) mass is 393 g/mol. The van der Waals surface area contributed by atoms with Crippen LogP contribution in [-0.4, -0.2) is 53.5 Å². The van der Waals surface area contributed by atoms with Crippen LogP contribution in [0.2, 0.25) is 0 Å². The number of benzene rings is 2. The average Bonchev–Trinajstić information content (AvgIpc) is 3.13. The second-order valence-corrected chi connectivity index (χ2v) is 7.49. The minimum Gasteiger partial charge on any atom is -0.481 e. The second kappa shape index (κ2) is 9.39. The van der Waals surface area contributed by atoms with E-state index in [9.17, 15) is 9.59 Å². The van der Waals surface area contributed by atoms with Crippen molar-refractivity contribution in [2.45, 2.75) is 12.8 Å². The zero-order valence-corrected chi connectivity index (χ0v) is 16.8. The summed E-state index contributed by atoms with van der Waals surface area (Å²) in [6.45, 7) is 2.59. The van der Waals surface area contributed by atoms with Gasteiger partial charge in [-0.25, -0.2) is 0 Å². The summed E-state index contributed by atoms with van der Waals surface area (Å²) in [6, 6.07) is 18.2. The van der Waals surface area contributed by atoms with Crippen molar-refractivity contribution in [2.75, 3.05) is 26.7 Å². The lowest BCUT2D eigenvalue weighted by molar-refractivity contribution is -0.142. The Balaban J connectivity index is 1.72. The lowest BCUT2D eigenvalue weighted by Crippen LogP contribution is -2.39. The van der Waals surface area contributed by atoms with Gasteiger partial charge in [0, 0.05) is 36.1 Å². The van der Waals surface area contributed by atoms with E-state index in [-0.39, 0.29) is 18.4 Å². The predicted octanol–water partition coefficient (Wildman–Crippen LogP) is 3.07. The molecule has 6 heteroatoms. The molecule has 152 valence electrons. The third kappa shape index (κ3) is 5.23. The number of carbonyl (C=O) groups is 2. The first-order valence-corrected chi connectivity index (χ1v) is 9.74. The highest BCUT2D eigenvalue weighted by atomic mass is 16.4. The summed E-state index contributed by atoms with van der Waals surface area (Å²) in [7, 11) is 1.76. The lowest BCUT2D eigenvalue weighted by Gasteiger charge is -2.21. The molecule has 1 aromatic heterocycles. The van der Waals surface area contributed by atoms with E-state index < -0.39 is 11.9 Å². The third-order valence-electron chi connectivity index (χ3n) is 5.12. The van der Waals surface area contributed by atoms with Crippen molar-refractivity contribution in [2.24, 2.45) is 5.92 Å². The maximum absolute atomic E-state index is 12.5. The van der Waals surface area contributed by atoms with E-state index in [1.54, 1.807) is 18.9 Å². The summed E-state index contributed by atoms with van der Waals surface area (Å²) in [5.74, 6) is -1.48. The van der Waals surface area contributed by atoms with Crippen LogP contribution >= 0.6 is 0 Å². The number of para-hydroxylation sites is 1. The molecule has 3 N–H and O–H groups in total. The van der Waals surface area contributed by atoms with Crippen LogP contribution in [0.25, 0.3) is 10.9 Å². The molecule has 6 nitrogen and oxygen atoms in total.